The van der Waals surface area contributed by atoms with Gasteiger partial charge in [-0.25, -0.2) is 0 Å². The van der Waals surface area contributed by atoms with Gasteiger partial charge in [0.05, 0.1) is 6.61 Å². The second-order valence-electron chi connectivity index (χ2n) is 5.48. The minimum absolute atomic E-state index is 0.258. The predicted octanol–water partition coefficient (Wildman–Crippen LogP) is 2.23. The first-order chi connectivity index (χ1) is 10.3. The summed E-state index contributed by atoms with van der Waals surface area (Å²) in [6.45, 7) is 6.40. The van der Waals surface area contributed by atoms with E-state index < -0.39 is 0 Å². The van der Waals surface area contributed by atoms with Crippen LogP contribution in [0.4, 0.5) is 0 Å². The van der Waals surface area contributed by atoms with Gasteiger partial charge >= 0.3 is 0 Å². The number of carbonyl (C=O) groups is 1. The maximum absolute atomic E-state index is 12.1. The third kappa shape index (κ3) is 5.38. The van der Waals surface area contributed by atoms with Crippen LogP contribution in [0.3, 0.4) is 0 Å². The van der Waals surface area contributed by atoms with Gasteiger partial charge < -0.3 is 15.0 Å². The van der Waals surface area contributed by atoms with Crippen molar-refractivity contribution in [3.8, 4) is 5.75 Å². The molecule has 4 nitrogen and oxygen atoms in total. The van der Waals surface area contributed by atoms with Gasteiger partial charge in [-0.05, 0) is 30.5 Å². The van der Waals surface area contributed by atoms with Gasteiger partial charge in [0, 0.05) is 32.6 Å². The maximum Gasteiger partial charge on any atom is 0.222 e. The lowest BCUT2D eigenvalue weighted by atomic mass is 10.1. The fourth-order valence-corrected chi connectivity index (χ4v) is 2.45. The summed E-state index contributed by atoms with van der Waals surface area (Å²) in [5, 5.41) is 3.26. The van der Waals surface area contributed by atoms with Crippen LogP contribution in [0.5, 0.6) is 5.75 Å². The molecule has 1 amide bonds. The smallest absolute Gasteiger partial charge is 0.222 e. The zero-order valence-corrected chi connectivity index (χ0v) is 12.9. The lowest BCUT2D eigenvalue weighted by Crippen LogP contribution is -2.46. The van der Waals surface area contributed by atoms with Crippen molar-refractivity contribution in [2.45, 2.75) is 32.6 Å². The molecule has 1 heterocycles. The highest BCUT2D eigenvalue weighted by Gasteiger charge is 2.15. The molecule has 0 unspecified atom stereocenters. The average Bonchev–Trinajstić information content (AvgIpc) is 2.54. The summed E-state index contributed by atoms with van der Waals surface area (Å²) in [6.07, 6.45) is 3.58. The van der Waals surface area contributed by atoms with E-state index in [9.17, 15) is 4.79 Å². The zero-order valence-electron chi connectivity index (χ0n) is 12.9. The van der Waals surface area contributed by atoms with Crippen LogP contribution >= 0.6 is 0 Å². The number of nitrogens with one attached hydrogen (secondary N) is 1. The van der Waals surface area contributed by atoms with Crippen LogP contribution in [0.25, 0.3) is 0 Å². The van der Waals surface area contributed by atoms with E-state index in [-0.39, 0.29) is 5.91 Å². The van der Waals surface area contributed by atoms with E-state index in [4.69, 9.17) is 4.74 Å². The van der Waals surface area contributed by atoms with Crippen LogP contribution in [0, 0.1) is 0 Å². The predicted molar refractivity (Wildman–Crippen MR) is 84.6 cm³/mol. The molecule has 0 aliphatic carbocycles. The number of hydrogen-bond donors (Lipinski definition) is 1. The summed E-state index contributed by atoms with van der Waals surface area (Å²) in [4.78, 5) is 14.1. The van der Waals surface area contributed by atoms with Crippen LogP contribution < -0.4 is 10.1 Å². The van der Waals surface area contributed by atoms with Crippen molar-refractivity contribution in [1.29, 1.82) is 0 Å². The molecule has 1 aromatic carbocycles. The number of rotatable bonds is 7. The minimum atomic E-state index is 0.258. The molecule has 0 bridgehead atoms. The molecule has 1 aliphatic heterocycles. The van der Waals surface area contributed by atoms with Gasteiger partial charge in [0.2, 0.25) is 5.91 Å². The van der Waals surface area contributed by atoms with Gasteiger partial charge in [0.15, 0.2) is 0 Å². The van der Waals surface area contributed by atoms with Crippen LogP contribution in [0.15, 0.2) is 24.3 Å². The van der Waals surface area contributed by atoms with E-state index in [1.807, 2.05) is 17.0 Å². The van der Waals surface area contributed by atoms with E-state index in [0.717, 1.165) is 57.8 Å². The largest absolute Gasteiger partial charge is 0.494 e. The second-order valence-corrected chi connectivity index (χ2v) is 5.48. The molecule has 116 valence electrons. The second kappa shape index (κ2) is 8.67. The molecule has 0 saturated carbocycles. The summed E-state index contributed by atoms with van der Waals surface area (Å²) >= 11 is 0. The van der Waals surface area contributed by atoms with E-state index in [0.29, 0.717) is 6.42 Å². The number of nitrogens with zero attached hydrogens (tertiary/aromatic N) is 1. The van der Waals surface area contributed by atoms with Crippen molar-refractivity contribution in [2.24, 2.45) is 0 Å². The number of unbranched alkanes of at least 4 members (excludes halogenated alkanes) is 1. The molecule has 0 atom stereocenters. The van der Waals surface area contributed by atoms with Gasteiger partial charge in [-0.2, -0.15) is 0 Å². The number of piperazine rings is 1. The van der Waals surface area contributed by atoms with Crippen molar-refractivity contribution >= 4 is 5.91 Å². The Labute approximate surface area is 127 Å². The highest BCUT2D eigenvalue weighted by Crippen LogP contribution is 2.15. The summed E-state index contributed by atoms with van der Waals surface area (Å²) in [5.41, 5.74) is 1.17. The Morgan fingerprint density at radius 1 is 1.33 bits per heavy atom. The summed E-state index contributed by atoms with van der Waals surface area (Å²) in [7, 11) is 0. The number of hydrogen-bond acceptors (Lipinski definition) is 3. The van der Waals surface area contributed by atoms with Crippen LogP contribution in [-0.2, 0) is 11.2 Å². The number of ether oxygens (including phenoxy) is 1. The molecule has 2 rings (SSSR count). The molecule has 1 aliphatic rings. The first-order valence-corrected chi connectivity index (χ1v) is 8.00. The van der Waals surface area contributed by atoms with Gasteiger partial charge in [0.1, 0.15) is 5.75 Å². The zero-order chi connectivity index (χ0) is 14.9. The molecule has 0 aromatic heterocycles. The Kier molecular flexibility index (Phi) is 6.54. The summed E-state index contributed by atoms with van der Waals surface area (Å²) in [5.74, 6) is 1.17. The molecule has 0 radical (unpaired) electrons. The van der Waals surface area contributed by atoms with Crippen molar-refractivity contribution in [3.63, 3.8) is 0 Å². The van der Waals surface area contributed by atoms with E-state index in [1.54, 1.807) is 0 Å². The third-order valence-corrected chi connectivity index (χ3v) is 3.76. The van der Waals surface area contributed by atoms with E-state index in [2.05, 4.69) is 24.4 Å². The van der Waals surface area contributed by atoms with Crippen molar-refractivity contribution in [2.75, 3.05) is 32.8 Å². The van der Waals surface area contributed by atoms with Gasteiger partial charge in [0.25, 0.3) is 0 Å². The molecule has 1 aromatic rings. The number of benzene rings is 1. The Bertz CT molecular complexity index is 442. The number of carbonyl (C=O) groups excluding carboxylic acids is 1. The molecule has 0 spiro atoms. The summed E-state index contributed by atoms with van der Waals surface area (Å²) in [6, 6.07) is 8.11. The topological polar surface area (TPSA) is 41.6 Å². The first-order valence-electron chi connectivity index (χ1n) is 8.00. The molecule has 1 saturated heterocycles. The Morgan fingerprint density at radius 3 is 2.90 bits per heavy atom. The Hall–Kier alpha value is -1.55. The van der Waals surface area contributed by atoms with Crippen LogP contribution in [-0.4, -0.2) is 43.6 Å². The van der Waals surface area contributed by atoms with Crippen LogP contribution in [0.1, 0.15) is 31.7 Å². The molecular formula is C17H26N2O2. The molecule has 1 fully saturated rings. The van der Waals surface area contributed by atoms with Crippen LogP contribution in [0.2, 0.25) is 0 Å². The lowest BCUT2D eigenvalue weighted by molar-refractivity contribution is -0.131. The van der Waals surface area contributed by atoms with Crippen molar-refractivity contribution in [3.05, 3.63) is 29.8 Å². The third-order valence-electron chi connectivity index (χ3n) is 3.76. The Morgan fingerprint density at radius 2 is 2.14 bits per heavy atom. The molecule has 4 heteroatoms. The van der Waals surface area contributed by atoms with Gasteiger partial charge in [-0.15, -0.1) is 0 Å². The van der Waals surface area contributed by atoms with Crippen molar-refractivity contribution < 1.29 is 9.53 Å². The average molecular weight is 290 g/mol. The van der Waals surface area contributed by atoms with E-state index in [1.165, 1.54) is 5.56 Å². The Balaban J connectivity index is 1.79. The fraction of sp³-hybridized carbons (Fsp3) is 0.588. The standard InChI is InChI=1S/C17H26N2O2/c1-2-3-13-21-16-6-4-5-15(14-16)7-8-17(20)19-11-9-18-10-12-19/h4-6,14,18H,2-3,7-13H2,1H3. The van der Waals surface area contributed by atoms with Gasteiger partial charge in [-0.3, -0.25) is 4.79 Å². The summed E-state index contributed by atoms with van der Waals surface area (Å²) < 4.78 is 5.71. The SMILES string of the molecule is CCCCOc1cccc(CCC(=O)N2CCNCC2)c1. The monoisotopic (exact) mass is 290 g/mol. The van der Waals surface area contributed by atoms with Gasteiger partial charge in [-0.1, -0.05) is 25.5 Å². The first kappa shape index (κ1) is 15.8. The lowest BCUT2D eigenvalue weighted by Gasteiger charge is -2.27. The normalized spacial score (nSPS) is 15.0. The van der Waals surface area contributed by atoms with Crippen molar-refractivity contribution in [1.82, 2.24) is 10.2 Å². The quantitative estimate of drug-likeness (QED) is 0.783. The molecular weight excluding hydrogens is 264 g/mol. The highest BCUT2D eigenvalue weighted by atomic mass is 16.5. The molecule has 21 heavy (non-hydrogen) atoms. The highest BCUT2D eigenvalue weighted by molar-refractivity contribution is 5.76. The molecule has 1 N–H and O–H groups in total. The van der Waals surface area contributed by atoms with E-state index >= 15 is 0 Å². The minimum Gasteiger partial charge on any atom is -0.494 e. The number of amides is 1. The maximum atomic E-state index is 12.1. The number of aryl methyl sites for hydroxylation is 1. The fourth-order valence-electron chi connectivity index (χ4n) is 2.45.